The average Bonchev–Trinajstić information content (AvgIpc) is 3.18. The number of likely N-dealkylation sites (tertiary alicyclic amines) is 1. The number of ether oxygens (including phenoxy) is 1. The van der Waals surface area contributed by atoms with Crippen molar-refractivity contribution in [1.82, 2.24) is 4.90 Å². The Morgan fingerprint density at radius 3 is 2.65 bits per heavy atom. The molecule has 0 spiro atoms. The summed E-state index contributed by atoms with van der Waals surface area (Å²) in [6, 6.07) is 10.3. The van der Waals surface area contributed by atoms with E-state index in [1.54, 1.807) is 0 Å². The Morgan fingerprint density at radius 1 is 1.35 bits per heavy atom. The Kier molecular flexibility index (Phi) is 3.24. The predicted molar refractivity (Wildman–Crippen MR) is 74.1 cm³/mol. The van der Waals surface area contributed by atoms with E-state index in [2.05, 4.69) is 12.1 Å². The Labute approximate surface area is 118 Å². The predicted octanol–water partition coefficient (Wildman–Crippen LogP) is 1.74. The molecule has 1 aromatic carbocycles. The normalized spacial score (nSPS) is 23.8. The van der Waals surface area contributed by atoms with Gasteiger partial charge in [0, 0.05) is 24.9 Å². The number of carbonyl (C=O) groups is 2. The zero-order chi connectivity index (χ0) is 14.2. The summed E-state index contributed by atoms with van der Waals surface area (Å²) in [4.78, 5) is 25.5. The third-order valence-electron chi connectivity index (χ3n) is 4.48. The molecular weight excluding hydrogens is 254 g/mol. The lowest BCUT2D eigenvalue weighted by atomic mass is 9.95. The molecule has 1 unspecified atom stereocenters. The summed E-state index contributed by atoms with van der Waals surface area (Å²) in [6.45, 7) is 1.23. The van der Waals surface area contributed by atoms with Crippen LogP contribution in [0.1, 0.15) is 24.8 Å². The van der Waals surface area contributed by atoms with E-state index in [9.17, 15) is 9.59 Å². The van der Waals surface area contributed by atoms with Crippen molar-refractivity contribution < 1.29 is 14.3 Å². The fourth-order valence-electron chi connectivity index (χ4n) is 3.10. The molecule has 20 heavy (non-hydrogen) atoms. The SMILES string of the molecule is COC(=O)C1CC(=O)N(CC2(c3ccccc3)CC2)C1. The fraction of sp³-hybridized carbons (Fsp3) is 0.500. The lowest BCUT2D eigenvalue weighted by Crippen LogP contribution is -2.34. The molecule has 1 heterocycles. The van der Waals surface area contributed by atoms with Crippen molar-refractivity contribution in [3.05, 3.63) is 35.9 Å². The maximum atomic E-state index is 12.1. The molecule has 0 aromatic heterocycles. The number of benzene rings is 1. The molecule has 3 rings (SSSR count). The summed E-state index contributed by atoms with van der Waals surface area (Å²) in [6.07, 6.45) is 2.52. The summed E-state index contributed by atoms with van der Waals surface area (Å²) >= 11 is 0. The molecule has 1 aliphatic carbocycles. The van der Waals surface area contributed by atoms with Gasteiger partial charge in [0.1, 0.15) is 0 Å². The van der Waals surface area contributed by atoms with Crippen LogP contribution in [0.15, 0.2) is 30.3 Å². The number of hydrogen-bond donors (Lipinski definition) is 0. The lowest BCUT2D eigenvalue weighted by Gasteiger charge is -2.24. The molecule has 0 radical (unpaired) electrons. The number of amides is 1. The molecule has 1 saturated carbocycles. The maximum absolute atomic E-state index is 12.1. The monoisotopic (exact) mass is 273 g/mol. The second kappa shape index (κ2) is 4.93. The van der Waals surface area contributed by atoms with Crippen molar-refractivity contribution >= 4 is 11.9 Å². The topological polar surface area (TPSA) is 46.6 Å². The minimum absolute atomic E-state index is 0.0719. The van der Waals surface area contributed by atoms with Gasteiger partial charge in [-0.3, -0.25) is 9.59 Å². The zero-order valence-electron chi connectivity index (χ0n) is 11.7. The number of methoxy groups -OCH3 is 1. The van der Waals surface area contributed by atoms with E-state index in [4.69, 9.17) is 4.74 Å². The van der Waals surface area contributed by atoms with Crippen molar-refractivity contribution in [3.8, 4) is 0 Å². The van der Waals surface area contributed by atoms with Crippen LogP contribution in [0.2, 0.25) is 0 Å². The number of rotatable bonds is 4. The first-order valence-corrected chi connectivity index (χ1v) is 7.06. The van der Waals surface area contributed by atoms with Crippen LogP contribution in [0.3, 0.4) is 0 Å². The van der Waals surface area contributed by atoms with Crippen LogP contribution < -0.4 is 0 Å². The molecule has 2 aliphatic rings. The Balaban J connectivity index is 1.70. The van der Waals surface area contributed by atoms with E-state index < -0.39 is 0 Å². The molecule has 0 N–H and O–H groups in total. The molecule has 1 aromatic rings. The first-order valence-electron chi connectivity index (χ1n) is 7.06. The summed E-state index contributed by atoms with van der Waals surface area (Å²) in [5.41, 5.74) is 1.41. The first kappa shape index (κ1) is 13.2. The van der Waals surface area contributed by atoms with Gasteiger partial charge in [-0.2, -0.15) is 0 Å². The Bertz CT molecular complexity index is 522. The van der Waals surface area contributed by atoms with Gasteiger partial charge in [0.25, 0.3) is 0 Å². The van der Waals surface area contributed by atoms with Gasteiger partial charge in [-0.1, -0.05) is 30.3 Å². The van der Waals surface area contributed by atoms with Crippen LogP contribution in [0.25, 0.3) is 0 Å². The van der Waals surface area contributed by atoms with Gasteiger partial charge in [-0.25, -0.2) is 0 Å². The van der Waals surface area contributed by atoms with Gasteiger partial charge in [-0.05, 0) is 18.4 Å². The Hall–Kier alpha value is -1.84. The van der Waals surface area contributed by atoms with Crippen molar-refractivity contribution in [1.29, 1.82) is 0 Å². The molecule has 1 atom stereocenters. The highest BCUT2D eigenvalue weighted by Gasteiger charge is 2.48. The Morgan fingerprint density at radius 2 is 2.05 bits per heavy atom. The minimum Gasteiger partial charge on any atom is -0.469 e. The first-order chi connectivity index (χ1) is 9.64. The number of nitrogens with zero attached hydrogens (tertiary/aromatic N) is 1. The quantitative estimate of drug-likeness (QED) is 0.785. The molecule has 4 heteroatoms. The molecule has 1 amide bonds. The molecule has 4 nitrogen and oxygen atoms in total. The van der Waals surface area contributed by atoms with Crippen LogP contribution in [-0.2, 0) is 19.7 Å². The summed E-state index contributed by atoms with van der Waals surface area (Å²) < 4.78 is 4.74. The molecule has 0 bridgehead atoms. The van der Waals surface area contributed by atoms with Crippen molar-refractivity contribution in [2.45, 2.75) is 24.7 Å². The highest BCUT2D eigenvalue weighted by molar-refractivity contribution is 5.86. The van der Waals surface area contributed by atoms with Crippen LogP contribution in [0, 0.1) is 5.92 Å². The third-order valence-corrected chi connectivity index (χ3v) is 4.48. The standard InChI is InChI=1S/C16H19NO3/c1-20-15(19)12-9-14(18)17(10-12)11-16(7-8-16)13-5-3-2-4-6-13/h2-6,12H,7-11H2,1H3. The van der Waals surface area contributed by atoms with Gasteiger partial charge < -0.3 is 9.64 Å². The van der Waals surface area contributed by atoms with E-state index in [0.29, 0.717) is 6.54 Å². The van der Waals surface area contributed by atoms with Gasteiger partial charge in [0.2, 0.25) is 5.91 Å². The van der Waals surface area contributed by atoms with E-state index in [1.807, 2.05) is 23.1 Å². The van der Waals surface area contributed by atoms with E-state index in [1.165, 1.54) is 12.7 Å². The maximum Gasteiger partial charge on any atom is 0.310 e. The van der Waals surface area contributed by atoms with Crippen LogP contribution in [0.5, 0.6) is 0 Å². The highest BCUT2D eigenvalue weighted by atomic mass is 16.5. The van der Waals surface area contributed by atoms with Gasteiger partial charge in [-0.15, -0.1) is 0 Å². The van der Waals surface area contributed by atoms with Crippen molar-refractivity contribution in [3.63, 3.8) is 0 Å². The molecule has 1 aliphatic heterocycles. The molecule has 2 fully saturated rings. The number of hydrogen-bond acceptors (Lipinski definition) is 3. The molecular formula is C16H19NO3. The average molecular weight is 273 g/mol. The van der Waals surface area contributed by atoms with E-state index in [-0.39, 0.29) is 29.6 Å². The number of carbonyl (C=O) groups excluding carboxylic acids is 2. The second-order valence-corrected chi connectivity index (χ2v) is 5.84. The largest absolute Gasteiger partial charge is 0.469 e. The van der Waals surface area contributed by atoms with Crippen LogP contribution in [-0.4, -0.2) is 37.0 Å². The highest BCUT2D eigenvalue weighted by Crippen LogP contribution is 2.49. The van der Waals surface area contributed by atoms with Gasteiger partial charge >= 0.3 is 5.97 Å². The van der Waals surface area contributed by atoms with E-state index >= 15 is 0 Å². The third kappa shape index (κ3) is 2.30. The molecule has 106 valence electrons. The van der Waals surface area contributed by atoms with Crippen molar-refractivity contribution in [2.75, 3.05) is 20.2 Å². The minimum atomic E-state index is -0.293. The van der Waals surface area contributed by atoms with Crippen LogP contribution >= 0.6 is 0 Å². The summed E-state index contributed by atoms with van der Waals surface area (Å²) in [5, 5.41) is 0. The van der Waals surface area contributed by atoms with Crippen molar-refractivity contribution in [2.24, 2.45) is 5.92 Å². The fourth-order valence-corrected chi connectivity index (χ4v) is 3.10. The smallest absolute Gasteiger partial charge is 0.310 e. The zero-order valence-corrected chi connectivity index (χ0v) is 11.7. The van der Waals surface area contributed by atoms with Crippen LogP contribution in [0.4, 0.5) is 0 Å². The number of esters is 1. The van der Waals surface area contributed by atoms with E-state index in [0.717, 1.165) is 19.4 Å². The molecule has 1 saturated heterocycles. The second-order valence-electron chi connectivity index (χ2n) is 5.84. The van der Waals surface area contributed by atoms with Gasteiger partial charge in [0.05, 0.1) is 13.0 Å². The summed E-state index contributed by atoms with van der Waals surface area (Å²) in [7, 11) is 1.38. The summed E-state index contributed by atoms with van der Waals surface area (Å²) in [5.74, 6) is -0.493. The van der Waals surface area contributed by atoms with Gasteiger partial charge in [0.15, 0.2) is 0 Å². The lowest BCUT2D eigenvalue weighted by molar-refractivity contribution is -0.145.